The summed E-state index contributed by atoms with van der Waals surface area (Å²) in [5.41, 5.74) is 2.66. The summed E-state index contributed by atoms with van der Waals surface area (Å²) in [5.74, 6) is 0.861. The molecule has 2 aliphatic rings. The van der Waals surface area contributed by atoms with Crippen molar-refractivity contribution in [2.24, 2.45) is 5.16 Å². The van der Waals surface area contributed by atoms with Gasteiger partial charge in [-0.3, -0.25) is 4.90 Å². The van der Waals surface area contributed by atoms with Gasteiger partial charge in [0.2, 0.25) is 5.72 Å². The molecule has 118 valence electrons. The molecule has 0 spiro atoms. The summed E-state index contributed by atoms with van der Waals surface area (Å²) in [6, 6.07) is 18.6. The molecule has 4 nitrogen and oxygen atoms in total. The largest absolute Gasteiger partial charge is 0.378 e. The zero-order chi connectivity index (χ0) is 16.1. The Hall–Kier alpha value is -2.49. The fraction of sp³-hybridized carbons (Fsp3) is 0.316. The normalized spacial score (nSPS) is 24.7. The monoisotopic (exact) mass is 307 g/mol. The highest BCUT2D eigenvalue weighted by atomic mass is 16.7. The lowest BCUT2D eigenvalue weighted by Crippen LogP contribution is -2.50. The zero-order valence-corrected chi connectivity index (χ0v) is 13.7. The molecular formula is C19H21N3O. The molecule has 2 aromatic carbocycles. The first kappa shape index (κ1) is 14.1. The van der Waals surface area contributed by atoms with Crippen molar-refractivity contribution in [1.29, 1.82) is 0 Å². The molecule has 0 aliphatic carbocycles. The Morgan fingerprint density at radius 2 is 1.70 bits per heavy atom. The number of para-hydroxylation sites is 2. The highest BCUT2D eigenvalue weighted by Crippen LogP contribution is 2.45. The van der Waals surface area contributed by atoms with Crippen molar-refractivity contribution in [3.05, 3.63) is 60.2 Å². The summed E-state index contributed by atoms with van der Waals surface area (Å²) in [6.07, 6.45) is 0.814. The van der Waals surface area contributed by atoms with Gasteiger partial charge in [-0.15, -0.1) is 0 Å². The van der Waals surface area contributed by atoms with Crippen molar-refractivity contribution in [2.75, 3.05) is 10.2 Å². The van der Waals surface area contributed by atoms with Crippen molar-refractivity contribution >= 4 is 17.2 Å². The van der Waals surface area contributed by atoms with Crippen LogP contribution >= 0.6 is 0 Å². The quantitative estimate of drug-likeness (QED) is 0.858. The van der Waals surface area contributed by atoms with E-state index in [2.05, 4.69) is 72.5 Å². The molecule has 4 rings (SSSR count). The van der Waals surface area contributed by atoms with Gasteiger partial charge in [0.15, 0.2) is 5.84 Å². The van der Waals surface area contributed by atoms with Gasteiger partial charge in [0, 0.05) is 17.5 Å². The number of hydrogen-bond acceptors (Lipinski definition) is 4. The van der Waals surface area contributed by atoms with E-state index in [4.69, 9.17) is 4.84 Å². The van der Waals surface area contributed by atoms with Crippen LogP contribution in [0, 0.1) is 0 Å². The van der Waals surface area contributed by atoms with Crippen LogP contribution in [-0.4, -0.2) is 17.1 Å². The minimum Gasteiger partial charge on any atom is -0.378 e. The van der Waals surface area contributed by atoms with Crippen LogP contribution in [0.3, 0.4) is 0 Å². The van der Waals surface area contributed by atoms with E-state index in [1.807, 2.05) is 18.2 Å². The average Bonchev–Trinajstić information content (AvgIpc) is 2.80. The van der Waals surface area contributed by atoms with Crippen molar-refractivity contribution < 1.29 is 4.84 Å². The number of fused-ring (bicyclic) bond motifs is 3. The second-order valence-electron chi connectivity index (χ2n) is 7.09. The van der Waals surface area contributed by atoms with Gasteiger partial charge >= 0.3 is 0 Å². The predicted molar refractivity (Wildman–Crippen MR) is 93.7 cm³/mol. The van der Waals surface area contributed by atoms with E-state index in [1.54, 1.807) is 0 Å². The van der Waals surface area contributed by atoms with Gasteiger partial charge in [0.05, 0.1) is 11.4 Å². The molecule has 0 amide bonds. The fourth-order valence-electron chi connectivity index (χ4n) is 3.70. The molecule has 4 heteroatoms. The van der Waals surface area contributed by atoms with Crippen LogP contribution in [0.15, 0.2) is 59.8 Å². The van der Waals surface area contributed by atoms with E-state index in [-0.39, 0.29) is 5.54 Å². The van der Waals surface area contributed by atoms with E-state index < -0.39 is 5.72 Å². The number of rotatable bonds is 1. The van der Waals surface area contributed by atoms with Crippen LogP contribution in [0.1, 0.15) is 32.8 Å². The molecule has 2 heterocycles. The van der Waals surface area contributed by atoms with Crippen molar-refractivity contribution in [3.63, 3.8) is 0 Å². The van der Waals surface area contributed by atoms with Gasteiger partial charge in [-0.25, -0.2) is 0 Å². The molecule has 1 atom stereocenters. The maximum absolute atomic E-state index is 5.96. The molecule has 0 fully saturated rings. The number of nitrogens with zero attached hydrogens (tertiary/aromatic N) is 2. The lowest BCUT2D eigenvalue weighted by atomic mass is 9.93. The lowest BCUT2D eigenvalue weighted by molar-refractivity contribution is -0.0171. The van der Waals surface area contributed by atoms with E-state index in [0.29, 0.717) is 0 Å². The molecule has 0 saturated heterocycles. The molecule has 0 bridgehead atoms. The number of oxime groups is 1. The standard InChI is InChI=1S/C19H21N3O/c1-18(2)13-19(3)22(16-12-8-7-11-15(16)20-18)17(21-23-19)14-9-5-4-6-10-14/h4-12,20H,13H2,1-3H3. The summed E-state index contributed by atoms with van der Waals surface area (Å²) in [5, 5.41) is 8.09. The molecule has 23 heavy (non-hydrogen) atoms. The maximum atomic E-state index is 5.96. The van der Waals surface area contributed by atoms with Crippen LogP contribution in [0.25, 0.3) is 0 Å². The van der Waals surface area contributed by atoms with E-state index >= 15 is 0 Å². The van der Waals surface area contributed by atoms with Crippen LogP contribution < -0.4 is 10.2 Å². The SMILES string of the molecule is CC1(C)CC2(C)ON=C(c3ccccc3)N2c2ccccc2N1. The molecule has 1 unspecified atom stereocenters. The number of hydrogen-bond donors (Lipinski definition) is 1. The summed E-state index contributed by atoms with van der Waals surface area (Å²) in [7, 11) is 0. The van der Waals surface area contributed by atoms with Crippen LogP contribution in [0.4, 0.5) is 11.4 Å². The third-order valence-electron chi connectivity index (χ3n) is 4.43. The Labute approximate surface area is 136 Å². The third-order valence-corrected chi connectivity index (χ3v) is 4.43. The Balaban J connectivity index is 1.89. The molecule has 2 aliphatic heterocycles. The second-order valence-corrected chi connectivity index (χ2v) is 7.09. The van der Waals surface area contributed by atoms with Gasteiger partial charge in [0.25, 0.3) is 0 Å². The summed E-state index contributed by atoms with van der Waals surface area (Å²) < 4.78 is 0. The van der Waals surface area contributed by atoms with Gasteiger partial charge in [-0.2, -0.15) is 0 Å². The Bertz CT molecular complexity index is 769. The van der Waals surface area contributed by atoms with E-state index in [9.17, 15) is 0 Å². The van der Waals surface area contributed by atoms with Crippen molar-refractivity contribution in [2.45, 2.75) is 38.5 Å². The molecule has 0 aromatic heterocycles. The summed E-state index contributed by atoms with van der Waals surface area (Å²) >= 11 is 0. The Kier molecular flexibility index (Phi) is 2.92. The molecular weight excluding hydrogens is 286 g/mol. The number of nitrogens with one attached hydrogen (secondary N) is 1. The minimum absolute atomic E-state index is 0.0960. The number of benzene rings is 2. The summed E-state index contributed by atoms with van der Waals surface area (Å²) in [4.78, 5) is 8.18. The second kappa shape index (κ2) is 4.75. The van der Waals surface area contributed by atoms with E-state index in [1.165, 1.54) is 0 Å². The maximum Gasteiger partial charge on any atom is 0.215 e. The van der Waals surface area contributed by atoms with Crippen molar-refractivity contribution in [3.8, 4) is 0 Å². The first-order chi connectivity index (χ1) is 11.0. The number of amidine groups is 1. The van der Waals surface area contributed by atoms with Crippen LogP contribution in [-0.2, 0) is 4.84 Å². The van der Waals surface area contributed by atoms with Crippen molar-refractivity contribution in [1.82, 2.24) is 0 Å². The molecule has 0 saturated carbocycles. The fourth-order valence-corrected chi connectivity index (χ4v) is 3.70. The molecule has 0 radical (unpaired) electrons. The molecule has 2 aromatic rings. The molecule has 1 N–H and O–H groups in total. The minimum atomic E-state index is -0.506. The average molecular weight is 307 g/mol. The Morgan fingerprint density at radius 1 is 1.00 bits per heavy atom. The van der Waals surface area contributed by atoms with Gasteiger partial charge in [-0.1, -0.05) is 47.6 Å². The van der Waals surface area contributed by atoms with Gasteiger partial charge < -0.3 is 10.2 Å². The van der Waals surface area contributed by atoms with E-state index in [0.717, 1.165) is 29.2 Å². The highest BCUT2D eigenvalue weighted by Gasteiger charge is 2.49. The Morgan fingerprint density at radius 3 is 2.48 bits per heavy atom. The van der Waals surface area contributed by atoms with Gasteiger partial charge in [-0.05, 0) is 32.9 Å². The van der Waals surface area contributed by atoms with Crippen LogP contribution in [0.5, 0.6) is 0 Å². The van der Waals surface area contributed by atoms with Gasteiger partial charge in [0.1, 0.15) is 0 Å². The smallest absolute Gasteiger partial charge is 0.215 e. The first-order valence-electron chi connectivity index (χ1n) is 7.98. The zero-order valence-electron chi connectivity index (χ0n) is 13.7. The topological polar surface area (TPSA) is 36.9 Å². The first-order valence-corrected chi connectivity index (χ1v) is 7.98. The summed E-state index contributed by atoms with van der Waals surface area (Å²) in [6.45, 7) is 6.50. The number of anilines is 2. The van der Waals surface area contributed by atoms with Crippen LogP contribution in [0.2, 0.25) is 0 Å². The highest BCUT2D eigenvalue weighted by molar-refractivity contribution is 6.12. The predicted octanol–water partition coefficient (Wildman–Crippen LogP) is 4.20. The third kappa shape index (κ3) is 2.25. The lowest BCUT2D eigenvalue weighted by Gasteiger charge is -2.36.